The van der Waals surface area contributed by atoms with Gasteiger partial charge in [-0.05, 0) is 37.1 Å². The molecule has 0 saturated heterocycles. The zero-order valence-corrected chi connectivity index (χ0v) is 13.4. The number of hydrogen-bond donors (Lipinski definition) is 1. The molecule has 1 atom stereocenters. The smallest absolute Gasteiger partial charge is 0.226 e. The Morgan fingerprint density at radius 2 is 2.22 bits per heavy atom. The average molecular weight is 315 g/mol. The minimum absolute atomic E-state index is 0.0229. The van der Waals surface area contributed by atoms with Crippen molar-refractivity contribution in [3.05, 3.63) is 47.4 Å². The first-order chi connectivity index (χ1) is 11.2. The number of rotatable bonds is 5. The Kier molecular flexibility index (Phi) is 4.55. The quantitative estimate of drug-likeness (QED) is 0.921. The van der Waals surface area contributed by atoms with Crippen LogP contribution in [0.4, 0.5) is 0 Å². The molecule has 1 aliphatic heterocycles. The third-order valence-electron chi connectivity index (χ3n) is 4.02. The first-order valence-corrected chi connectivity index (χ1v) is 7.78. The SMILES string of the molecule is COc1ccc2c(c1)OCC(C(=O)NCCc1ccc(C)o1)C2. The van der Waals surface area contributed by atoms with Crippen LogP contribution in [0.2, 0.25) is 0 Å². The van der Waals surface area contributed by atoms with Gasteiger partial charge in [0, 0.05) is 19.0 Å². The molecule has 1 aromatic heterocycles. The Morgan fingerprint density at radius 3 is 2.96 bits per heavy atom. The number of nitrogens with one attached hydrogen (secondary N) is 1. The number of fused-ring (bicyclic) bond motifs is 1. The molecule has 23 heavy (non-hydrogen) atoms. The first-order valence-electron chi connectivity index (χ1n) is 7.78. The van der Waals surface area contributed by atoms with Crippen LogP contribution in [0.15, 0.2) is 34.7 Å². The van der Waals surface area contributed by atoms with Crippen LogP contribution < -0.4 is 14.8 Å². The van der Waals surface area contributed by atoms with Gasteiger partial charge in [-0.25, -0.2) is 0 Å². The van der Waals surface area contributed by atoms with E-state index in [1.807, 2.05) is 37.3 Å². The summed E-state index contributed by atoms with van der Waals surface area (Å²) in [6, 6.07) is 9.58. The molecule has 2 aromatic rings. The molecule has 0 aliphatic carbocycles. The zero-order valence-electron chi connectivity index (χ0n) is 13.4. The number of methoxy groups -OCH3 is 1. The van der Waals surface area contributed by atoms with E-state index in [1.54, 1.807) is 7.11 Å². The van der Waals surface area contributed by atoms with Gasteiger partial charge in [-0.15, -0.1) is 0 Å². The maximum Gasteiger partial charge on any atom is 0.226 e. The molecule has 0 radical (unpaired) electrons. The van der Waals surface area contributed by atoms with Crippen LogP contribution in [0.25, 0.3) is 0 Å². The van der Waals surface area contributed by atoms with Gasteiger partial charge in [0.25, 0.3) is 0 Å². The second-order valence-corrected chi connectivity index (χ2v) is 5.74. The predicted molar refractivity (Wildman–Crippen MR) is 85.8 cm³/mol. The molecular formula is C18H21NO4. The Morgan fingerprint density at radius 1 is 1.35 bits per heavy atom. The lowest BCUT2D eigenvalue weighted by Crippen LogP contribution is -2.38. The fourth-order valence-electron chi connectivity index (χ4n) is 2.72. The average Bonchev–Trinajstić information content (AvgIpc) is 2.99. The highest BCUT2D eigenvalue weighted by atomic mass is 16.5. The fraction of sp³-hybridized carbons (Fsp3) is 0.389. The normalized spacial score (nSPS) is 16.3. The molecular weight excluding hydrogens is 294 g/mol. The Bertz CT molecular complexity index is 692. The second-order valence-electron chi connectivity index (χ2n) is 5.74. The molecule has 1 aromatic carbocycles. The van der Waals surface area contributed by atoms with Crippen LogP contribution in [0, 0.1) is 12.8 Å². The number of hydrogen-bond acceptors (Lipinski definition) is 4. The number of ether oxygens (including phenoxy) is 2. The summed E-state index contributed by atoms with van der Waals surface area (Å²) in [5.41, 5.74) is 1.04. The zero-order chi connectivity index (χ0) is 16.2. The van der Waals surface area contributed by atoms with Gasteiger partial charge in [0.15, 0.2) is 0 Å². The molecule has 1 amide bonds. The maximum atomic E-state index is 12.3. The summed E-state index contributed by atoms with van der Waals surface area (Å²) in [6.07, 6.45) is 1.38. The summed E-state index contributed by atoms with van der Waals surface area (Å²) in [4.78, 5) is 12.3. The molecule has 5 nitrogen and oxygen atoms in total. The van der Waals surface area contributed by atoms with Gasteiger partial charge in [0.2, 0.25) is 5.91 Å². The summed E-state index contributed by atoms with van der Waals surface area (Å²) in [5.74, 6) is 3.21. The molecule has 0 bridgehead atoms. The number of benzene rings is 1. The van der Waals surface area contributed by atoms with Gasteiger partial charge in [0.05, 0.1) is 13.0 Å². The number of furan rings is 1. The van der Waals surface area contributed by atoms with Crippen LogP contribution >= 0.6 is 0 Å². The molecule has 0 saturated carbocycles. The summed E-state index contributed by atoms with van der Waals surface area (Å²) in [7, 11) is 1.63. The van der Waals surface area contributed by atoms with E-state index in [0.29, 0.717) is 26.0 Å². The van der Waals surface area contributed by atoms with Crippen LogP contribution in [0.3, 0.4) is 0 Å². The predicted octanol–water partition coefficient (Wildman–Crippen LogP) is 2.51. The van der Waals surface area contributed by atoms with Gasteiger partial charge < -0.3 is 19.2 Å². The molecule has 0 spiro atoms. The van der Waals surface area contributed by atoms with E-state index in [1.165, 1.54) is 0 Å². The van der Waals surface area contributed by atoms with Crippen LogP contribution in [-0.2, 0) is 17.6 Å². The monoisotopic (exact) mass is 315 g/mol. The number of carbonyl (C=O) groups is 1. The highest BCUT2D eigenvalue weighted by Crippen LogP contribution is 2.31. The van der Waals surface area contributed by atoms with Crippen molar-refractivity contribution in [3.8, 4) is 11.5 Å². The van der Waals surface area contributed by atoms with E-state index in [-0.39, 0.29) is 11.8 Å². The van der Waals surface area contributed by atoms with Gasteiger partial charge in [0.1, 0.15) is 29.6 Å². The number of aryl methyl sites for hydroxylation is 1. The minimum atomic E-state index is -0.158. The highest BCUT2D eigenvalue weighted by molar-refractivity contribution is 5.79. The Balaban J connectivity index is 1.52. The summed E-state index contributed by atoms with van der Waals surface area (Å²) in [5, 5.41) is 2.96. The first kappa shape index (κ1) is 15.5. The lowest BCUT2D eigenvalue weighted by Gasteiger charge is -2.25. The van der Waals surface area contributed by atoms with E-state index in [9.17, 15) is 4.79 Å². The van der Waals surface area contributed by atoms with Crippen LogP contribution in [-0.4, -0.2) is 26.2 Å². The lowest BCUT2D eigenvalue weighted by atomic mass is 9.96. The molecule has 2 heterocycles. The van der Waals surface area contributed by atoms with Crippen molar-refractivity contribution in [3.63, 3.8) is 0 Å². The Hall–Kier alpha value is -2.43. The summed E-state index contributed by atoms with van der Waals surface area (Å²) < 4.78 is 16.4. The standard InChI is InChI=1S/C18H21NO4/c1-12-3-5-15(23-12)7-8-19-18(20)14-9-13-4-6-16(21-2)10-17(13)22-11-14/h3-6,10,14H,7-9,11H2,1-2H3,(H,19,20). The van der Waals surface area contributed by atoms with Crippen molar-refractivity contribution in [2.24, 2.45) is 5.92 Å². The maximum absolute atomic E-state index is 12.3. The molecule has 122 valence electrons. The van der Waals surface area contributed by atoms with Crippen molar-refractivity contribution < 1.29 is 18.7 Å². The molecule has 3 rings (SSSR count). The van der Waals surface area contributed by atoms with Crippen LogP contribution in [0.1, 0.15) is 17.1 Å². The topological polar surface area (TPSA) is 60.7 Å². The summed E-state index contributed by atoms with van der Waals surface area (Å²) in [6.45, 7) is 2.87. The molecule has 1 unspecified atom stereocenters. The van der Waals surface area contributed by atoms with Crippen molar-refractivity contribution in [1.29, 1.82) is 0 Å². The van der Waals surface area contributed by atoms with Crippen LogP contribution in [0.5, 0.6) is 11.5 Å². The van der Waals surface area contributed by atoms with Gasteiger partial charge in [-0.3, -0.25) is 4.79 Å². The third kappa shape index (κ3) is 3.67. The summed E-state index contributed by atoms with van der Waals surface area (Å²) >= 11 is 0. The third-order valence-corrected chi connectivity index (χ3v) is 4.02. The number of amides is 1. The van der Waals surface area contributed by atoms with Gasteiger partial charge in [-0.2, -0.15) is 0 Å². The fourth-order valence-corrected chi connectivity index (χ4v) is 2.72. The second kappa shape index (κ2) is 6.77. The minimum Gasteiger partial charge on any atom is -0.497 e. The van der Waals surface area contributed by atoms with Crippen molar-refractivity contribution in [2.45, 2.75) is 19.8 Å². The molecule has 5 heteroatoms. The lowest BCUT2D eigenvalue weighted by molar-refractivity contribution is -0.126. The van der Waals surface area contributed by atoms with E-state index < -0.39 is 0 Å². The molecule has 1 N–H and O–H groups in total. The number of carbonyl (C=O) groups excluding carboxylic acids is 1. The van der Waals surface area contributed by atoms with E-state index in [2.05, 4.69) is 5.32 Å². The largest absolute Gasteiger partial charge is 0.497 e. The van der Waals surface area contributed by atoms with Gasteiger partial charge in [-0.1, -0.05) is 6.07 Å². The van der Waals surface area contributed by atoms with E-state index >= 15 is 0 Å². The van der Waals surface area contributed by atoms with Crippen molar-refractivity contribution in [1.82, 2.24) is 5.32 Å². The molecule has 1 aliphatic rings. The van der Waals surface area contributed by atoms with Crippen molar-refractivity contribution >= 4 is 5.91 Å². The van der Waals surface area contributed by atoms with E-state index in [4.69, 9.17) is 13.9 Å². The van der Waals surface area contributed by atoms with E-state index in [0.717, 1.165) is 28.6 Å². The van der Waals surface area contributed by atoms with Gasteiger partial charge >= 0.3 is 0 Å². The highest BCUT2D eigenvalue weighted by Gasteiger charge is 2.26. The molecule has 0 fully saturated rings. The van der Waals surface area contributed by atoms with Crippen molar-refractivity contribution in [2.75, 3.05) is 20.3 Å². The Labute approximate surface area is 135 Å².